The third-order valence-corrected chi connectivity index (χ3v) is 5.24. The van der Waals surface area contributed by atoms with Crippen molar-refractivity contribution in [3.05, 3.63) is 59.6 Å². The molecule has 0 aliphatic rings. The van der Waals surface area contributed by atoms with Crippen LogP contribution in [0.15, 0.2) is 58.3 Å². The Kier molecular flexibility index (Phi) is 4.91. The predicted octanol–water partition coefficient (Wildman–Crippen LogP) is 4.43. The molecule has 0 aliphatic heterocycles. The second-order valence-electron chi connectivity index (χ2n) is 5.81. The molecule has 0 spiro atoms. The van der Waals surface area contributed by atoms with E-state index in [0.29, 0.717) is 22.6 Å². The molecule has 0 radical (unpaired) electrons. The first-order valence-corrected chi connectivity index (χ1v) is 9.44. The average Bonchev–Trinajstić information content (AvgIpc) is 3.31. The first-order chi connectivity index (χ1) is 13.1. The van der Waals surface area contributed by atoms with Crippen molar-refractivity contribution in [2.45, 2.75) is 17.3 Å². The van der Waals surface area contributed by atoms with Crippen molar-refractivity contribution in [2.75, 3.05) is 0 Å². The molecule has 9 heteroatoms. The van der Waals surface area contributed by atoms with Crippen LogP contribution in [-0.4, -0.2) is 29.9 Å². The van der Waals surface area contributed by atoms with Gasteiger partial charge in [0.1, 0.15) is 5.69 Å². The molecule has 136 valence electrons. The van der Waals surface area contributed by atoms with Gasteiger partial charge in [0.25, 0.3) is 0 Å². The maximum absolute atomic E-state index is 6.03. The topological polar surface area (TPSA) is 82.5 Å². The van der Waals surface area contributed by atoms with Gasteiger partial charge in [-0.25, -0.2) is 0 Å². The quantitative estimate of drug-likeness (QED) is 0.459. The minimum Gasteiger partial charge on any atom is -0.338 e. The summed E-state index contributed by atoms with van der Waals surface area (Å²) in [7, 11) is 1.91. The average molecular weight is 399 g/mol. The Morgan fingerprint density at radius 3 is 2.81 bits per heavy atom. The van der Waals surface area contributed by atoms with Crippen LogP contribution in [0.4, 0.5) is 0 Å². The Morgan fingerprint density at radius 2 is 2.04 bits per heavy atom. The zero-order chi connectivity index (χ0) is 18.8. The van der Waals surface area contributed by atoms with Crippen LogP contribution in [0.2, 0.25) is 5.02 Å². The van der Waals surface area contributed by atoms with Crippen LogP contribution in [0, 0.1) is 0 Å². The fourth-order valence-electron chi connectivity index (χ4n) is 2.49. The maximum Gasteiger partial charge on any atom is 0.240 e. The number of hydrogen-bond donors (Lipinski definition) is 0. The number of benzene rings is 1. The number of rotatable bonds is 5. The summed E-state index contributed by atoms with van der Waals surface area (Å²) >= 11 is 7.52. The van der Waals surface area contributed by atoms with Gasteiger partial charge in [0.2, 0.25) is 11.7 Å². The number of aromatic nitrogens is 6. The summed E-state index contributed by atoms with van der Waals surface area (Å²) in [6, 6.07) is 13.0. The van der Waals surface area contributed by atoms with E-state index in [1.54, 1.807) is 18.3 Å². The molecule has 4 rings (SSSR count). The fraction of sp³-hybridized carbons (Fsp3) is 0.167. The van der Waals surface area contributed by atoms with Crippen molar-refractivity contribution >= 4 is 23.4 Å². The number of thioether (sulfide) groups is 1. The first kappa shape index (κ1) is 17.7. The van der Waals surface area contributed by atoms with E-state index in [2.05, 4.69) is 25.3 Å². The van der Waals surface area contributed by atoms with E-state index in [9.17, 15) is 0 Å². The normalized spacial score (nSPS) is 12.3. The lowest BCUT2D eigenvalue weighted by Crippen LogP contribution is -1.98. The molecule has 0 bridgehead atoms. The molecule has 0 aliphatic carbocycles. The molecule has 0 saturated heterocycles. The molecule has 0 fully saturated rings. The molecule has 0 amide bonds. The van der Waals surface area contributed by atoms with Gasteiger partial charge in [0.05, 0.1) is 5.25 Å². The second-order valence-corrected chi connectivity index (χ2v) is 7.55. The summed E-state index contributed by atoms with van der Waals surface area (Å²) in [6.07, 6.45) is 1.73. The molecular formula is C18H15ClN6OS. The molecule has 1 aromatic carbocycles. The van der Waals surface area contributed by atoms with Gasteiger partial charge in [0, 0.05) is 23.8 Å². The zero-order valence-corrected chi connectivity index (χ0v) is 16.1. The molecule has 0 saturated carbocycles. The standard InChI is InChI=1S/C18H15ClN6OS/c1-11(17-21-15(24-26-17)12-6-5-7-13(19)10-12)27-18-23-22-16(25(18)2)14-8-3-4-9-20-14/h3-11H,1-2H3. The Morgan fingerprint density at radius 1 is 1.15 bits per heavy atom. The van der Waals surface area contributed by atoms with Crippen LogP contribution in [0.5, 0.6) is 0 Å². The highest BCUT2D eigenvalue weighted by Gasteiger charge is 2.20. The molecule has 0 N–H and O–H groups in total. The molecular weight excluding hydrogens is 384 g/mol. The lowest BCUT2D eigenvalue weighted by molar-refractivity contribution is 0.380. The zero-order valence-electron chi connectivity index (χ0n) is 14.6. The Hall–Kier alpha value is -2.71. The van der Waals surface area contributed by atoms with E-state index in [0.717, 1.165) is 16.4 Å². The van der Waals surface area contributed by atoms with Gasteiger partial charge in [-0.1, -0.05) is 46.7 Å². The number of nitrogens with zero attached hydrogens (tertiary/aromatic N) is 6. The molecule has 3 aromatic heterocycles. The summed E-state index contributed by atoms with van der Waals surface area (Å²) < 4.78 is 7.33. The minimum atomic E-state index is -0.0927. The van der Waals surface area contributed by atoms with Crippen LogP contribution < -0.4 is 0 Å². The van der Waals surface area contributed by atoms with Gasteiger partial charge in [-0.05, 0) is 31.2 Å². The van der Waals surface area contributed by atoms with Crippen molar-refractivity contribution < 1.29 is 4.52 Å². The summed E-state index contributed by atoms with van der Waals surface area (Å²) in [5, 5.41) is 13.8. The summed E-state index contributed by atoms with van der Waals surface area (Å²) in [6.45, 7) is 1.98. The highest BCUT2D eigenvalue weighted by Crippen LogP contribution is 2.34. The van der Waals surface area contributed by atoms with Crippen molar-refractivity contribution in [3.63, 3.8) is 0 Å². The van der Waals surface area contributed by atoms with Crippen LogP contribution in [0.25, 0.3) is 22.9 Å². The minimum absolute atomic E-state index is 0.0927. The van der Waals surface area contributed by atoms with E-state index >= 15 is 0 Å². The molecule has 1 atom stereocenters. The second kappa shape index (κ2) is 7.50. The summed E-state index contributed by atoms with van der Waals surface area (Å²) in [4.78, 5) is 8.81. The van der Waals surface area contributed by atoms with Gasteiger partial charge < -0.3 is 9.09 Å². The lowest BCUT2D eigenvalue weighted by Gasteiger charge is -2.06. The Bertz CT molecular complexity index is 1060. The van der Waals surface area contributed by atoms with Crippen LogP contribution in [-0.2, 0) is 7.05 Å². The number of halogens is 1. The van der Waals surface area contributed by atoms with Gasteiger partial charge >= 0.3 is 0 Å². The van der Waals surface area contributed by atoms with Crippen molar-refractivity contribution in [1.29, 1.82) is 0 Å². The van der Waals surface area contributed by atoms with E-state index < -0.39 is 0 Å². The highest BCUT2D eigenvalue weighted by atomic mass is 35.5. The van der Waals surface area contributed by atoms with E-state index in [1.807, 2.05) is 48.9 Å². The third kappa shape index (κ3) is 3.72. The predicted molar refractivity (Wildman–Crippen MR) is 103 cm³/mol. The molecule has 3 heterocycles. The molecule has 27 heavy (non-hydrogen) atoms. The van der Waals surface area contributed by atoms with Gasteiger partial charge in [-0.2, -0.15) is 4.98 Å². The first-order valence-electron chi connectivity index (χ1n) is 8.19. The maximum atomic E-state index is 6.03. The van der Waals surface area contributed by atoms with Crippen LogP contribution in [0.3, 0.4) is 0 Å². The van der Waals surface area contributed by atoms with E-state index in [1.165, 1.54) is 11.8 Å². The van der Waals surface area contributed by atoms with Crippen molar-refractivity contribution in [1.82, 2.24) is 29.9 Å². The van der Waals surface area contributed by atoms with Crippen LogP contribution >= 0.6 is 23.4 Å². The summed E-state index contributed by atoms with van der Waals surface area (Å²) in [5.74, 6) is 1.72. The van der Waals surface area contributed by atoms with Crippen molar-refractivity contribution in [2.24, 2.45) is 7.05 Å². The van der Waals surface area contributed by atoms with Gasteiger partial charge in [-0.3, -0.25) is 4.98 Å². The van der Waals surface area contributed by atoms with E-state index in [-0.39, 0.29) is 5.25 Å². The SMILES string of the molecule is CC(Sc1nnc(-c2ccccn2)n1C)c1nc(-c2cccc(Cl)c2)no1. The Labute approximate surface area is 164 Å². The largest absolute Gasteiger partial charge is 0.338 e. The smallest absolute Gasteiger partial charge is 0.240 e. The van der Waals surface area contributed by atoms with Crippen LogP contribution in [0.1, 0.15) is 18.1 Å². The number of hydrogen-bond acceptors (Lipinski definition) is 7. The summed E-state index contributed by atoms with van der Waals surface area (Å²) in [5.41, 5.74) is 1.58. The lowest BCUT2D eigenvalue weighted by atomic mass is 10.2. The number of pyridine rings is 1. The van der Waals surface area contributed by atoms with E-state index in [4.69, 9.17) is 16.1 Å². The van der Waals surface area contributed by atoms with Gasteiger partial charge in [0.15, 0.2) is 11.0 Å². The molecule has 1 unspecified atom stereocenters. The van der Waals surface area contributed by atoms with Crippen molar-refractivity contribution in [3.8, 4) is 22.9 Å². The Balaban J connectivity index is 1.53. The molecule has 7 nitrogen and oxygen atoms in total. The third-order valence-electron chi connectivity index (χ3n) is 3.88. The molecule has 4 aromatic rings. The monoisotopic (exact) mass is 398 g/mol. The fourth-order valence-corrected chi connectivity index (χ4v) is 3.52. The highest BCUT2D eigenvalue weighted by molar-refractivity contribution is 7.99. The van der Waals surface area contributed by atoms with Gasteiger partial charge in [-0.15, -0.1) is 10.2 Å².